The average Bonchev–Trinajstić information content (AvgIpc) is 2.74. The maximum atomic E-state index is 12.7. The molecule has 1 atom stereocenters. The first-order valence-electron chi connectivity index (χ1n) is 10.8. The van der Waals surface area contributed by atoms with Crippen molar-refractivity contribution in [3.8, 4) is 0 Å². The van der Waals surface area contributed by atoms with Crippen LogP contribution in [0.4, 0.5) is 4.79 Å². The number of alkyl carbamates (subject to hydrolysis) is 1. The largest absolute Gasteiger partial charge is 0.444 e. The highest BCUT2D eigenvalue weighted by molar-refractivity contribution is 5.83. The number of aromatic nitrogens is 2. The van der Waals surface area contributed by atoms with Gasteiger partial charge in [0, 0.05) is 11.9 Å². The van der Waals surface area contributed by atoms with E-state index in [2.05, 4.69) is 10.4 Å². The quantitative estimate of drug-likeness (QED) is 0.588. The van der Waals surface area contributed by atoms with E-state index in [0.717, 1.165) is 22.2 Å². The fraction of sp³-hybridized carbons (Fsp3) is 0.400. The number of fused-ring (bicyclic) bond motifs is 1. The lowest BCUT2D eigenvalue weighted by atomic mass is 10.0. The van der Waals surface area contributed by atoms with Gasteiger partial charge < -0.3 is 15.2 Å². The summed E-state index contributed by atoms with van der Waals surface area (Å²) in [5.41, 5.74) is 1.99. The van der Waals surface area contributed by atoms with Gasteiger partial charge in [0.25, 0.3) is 5.56 Å². The van der Waals surface area contributed by atoms with Gasteiger partial charge in [-0.25, -0.2) is 9.48 Å². The normalized spacial score (nSPS) is 12.5. The van der Waals surface area contributed by atoms with Crippen LogP contribution >= 0.6 is 0 Å². The van der Waals surface area contributed by atoms with Crippen LogP contribution in [-0.4, -0.2) is 32.7 Å². The zero-order chi connectivity index (χ0) is 23.3. The van der Waals surface area contributed by atoms with E-state index >= 15 is 0 Å². The summed E-state index contributed by atoms with van der Waals surface area (Å²) in [5, 5.41) is 19.2. The first-order chi connectivity index (χ1) is 15.1. The van der Waals surface area contributed by atoms with Crippen molar-refractivity contribution >= 4 is 16.9 Å². The summed E-state index contributed by atoms with van der Waals surface area (Å²) in [7, 11) is 0. The minimum atomic E-state index is -0.729. The third kappa shape index (κ3) is 6.17. The summed E-state index contributed by atoms with van der Waals surface area (Å²) < 4.78 is 6.63. The molecule has 1 heterocycles. The molecule has 7 heteroatoms. The van der Waals surface area contributed by atoms with Crippen LogP contribution in [0.5, 0.6) is 0 Å². The molecule has 1 amide bonds. The first kappa shape index (κ1) is 23.5. The van der Waals surface area contributed by atoms with Gasteiger partial charge in [-0.15, -0.1) is 0 Å². The van der Waals surface area contributed by atoms with Gasteiger partial charge in [0.2, 0.25) is 0 Å². The number of amides is 1. The molecule has 0 spiro atoms. The van der Waals surface area contributed by atoms with Gasteiger partial charge in [-0.05, 0) is 57.7 Å². The van der Waals surface area contributed by atoms with Crippen LogP contribution in [0.2, 0.25) is 0 Å². The first-order valence-corrected chi connectivity index (χ1v) is 10.8. The lowest BCUT2D eigenvalue weighted by Crippen LogP contribution is -2.32. The summed E-state index contributed by atoms with van der Waals surface area (Å²) in [6, 6.07) is 15.1. The lowest BCUT2D eigenvalue weighted by molar-refractivity contribution is 0.0523. The van der Waals surface area contributed by atoms with Gasteiger partial charge in [-0.3, -0.25) is 4.79 Å². The maximum absolute atomic E-state index is 12.7. The van der Waals surface area contributed by atoms with Crippen molar-refractivity contribution in [2.75, 3.05) is 0 Å². The number of rotatable bonds is 7. The second-order valence-electron chi connectivity index (χ2n) is 8.93. The standard InChI is InChI=1S/C25H31N3O4/c1-17-21-11-7-8-12-22(21)23(30)28(27-17)16-20(29)14-13-18-9-5-6-10-19(18)15-26-24(31)32-25(2,3)4/h5-12,20,29H,13-16H2,1-4H3,(H,26,31). The Morgan fingerprint density at radius 2 is 1.72 bits per heavy atom. The number of benzene rings is 2. The van der Waals surface area contributed by atoms with Gasteiger partial charge in [0.05, 0.1) is 23.7 Å². The highest BCUT2D eigenvalue weighted by Crippen LogP contribution is 2.15. The van der Waals surface area contributed by atoms with Crippen molar-refractivity contribution < 1.29 is 14.6 Å². The molecule has 1 aromatic heterocycles. The third-order valence-corrected chi connectivity index (χ3v) is 5.12. The third-order valence-electron chi connectivity index (χ3n) is 5.12. The molecule has 32 heavy (non-hydrogen) atoms. The number of carbonyl (C=O) groups excluding carboxylic acids is 1. The van der Waals surface area contributed by atoms with E-state index < -0.39 is 17.8 Å². The van der Waals surface area contributed by atoms with E-state index in [1.165, 1.54) is 4.68 Å². The number of aliphatic hydroxyl groups is 1. The van der Waals surface area contributed by atoms with E-state index in [1.807, 2.05) is 70.2 Å². The number of nitrogens with zero attached hydrogens (tertiary/aromatic N) is 2. The van der Waals surface area contributed by atoms with E-state index in [1.54, 1.807) is 6.07 Å². The van der Waals surface area contributed by atoms with Gasteiger partial charge in [-0.1, -0.05) is 42.5 Å². The van der Waals surface area contributed by atoms with Crippen molar-refractivity contribution in [1.29, 1.82) is 0 Å². The van der Waals surface area contributed by atoms with Crippen LogP contribution < -0.4 is 10.9 Å². The topological polar surface area (TPSA) is 93.5 Å². The molecule has 0 radical (unpaired) electrons. The Balaban J connectivity index is 1.63. The number of aliphatic hydroxyl groups excluding tert-OH is 1. The lowest BCUT2D eigenvalue weighted by Gasteiger charge is -2.20. The van der Waals surface area contributed by atoms with E-state index in [0.29, 0.717) is 24.8 Å². The van der Waals surface area contributed by atoms with E-state index in [9.17, 15) is 14.7 Å². The number of aryl methyl sites for hydroxylation is 2. The molecular weight excluding hydrogens is 406 g/mol. The zero-order valence-electron chi connectivity index (χ0n) is 19.1. The molecule has 7 nitrogen and oxygen atoms in total. The Bertz CT molecular complexity index is 1150. The van der Waals surface area contributed by atoms with Gasteiger partial charge in [0.15, 0.2) is 0 Å². The molecule has 2 N–H and O–H groups in total. The molecule has 0 bridgehead atoms. The minimum Gasteiger partial charge on any atom is -0.444 e. The van der Waals surface area contributed by atoms with Gasteiger partial charge in [-0.2, -0.15) is 5.10 Å². The maximum Gasteiger partial charge on any atom is 0.407 e. The fourth-order valence-corrected chi connectivity index (χ4v) is 3.60. The van der Waals surface area contributed by atoms with E-state index in [4.69, 9.17) is 4.74 Å². The Morgan fingerprint density at radius 3 is 2.41 bits per heavy atom. The van der Waals surface area contributed by atoms with Crippen LogP contribution in [-0.2, 0) is 24.2 Å². The zero-order valence-corrected chi connectivity index (χ0v) is 19.1. The number of hydrogen-bond acceptors (Lipinski definition) is 5. The highest BCUT2D eigenvalue weighted by Gasteiger charge is 2.17. The van der Waals surface area contributed by atoms with Crippen LogP contribution in [0, 0.1) is 6.92 Å². The summed E-state index contributed by atoms with van der Waals surface area (Å²) in [4.78, 5) is 24.7. The monoisotopic (exact) mass is 437 g/mol. The summed E-state index contributed by atoms with van der Waals surface area (Å²) in [5.74, 6) is 0. The second-order valence-corrected chi connectivity index (χ2v) is 8.93. The smallest absolute Gasteiger partial charge is 0.407 e. The molecule has 0 aliphatic heterocycles. The van der Waals surface area contributed by atoms with Crippen LogP contribution in [0.15, 0.2) is 53.3 Å². The molecule has 2 aromatic carbocycles. The van der Waals surface area contributed by atoms with Crippen molar-refractivity contribution in [3.63, 3.8) is 0 Å². The van der Waals surface area contributed by atoms with Crippen molar-refractivity contribution in [2.45, 2.75) is 65.3 Å². The van der Waals surface area contributed by atoms with Crippen molar-refractivity contribution in [3.05, 3.63) is 75.7 Å². The second kappa shape index (κ2) is 9.96. The molecule has 0 fully saturated rings. The Morgan fingerprint density at radius 1 is 1.09 bits per heavy atom. The Labute approximate surface area is 188 Å². The molecule has 170 valence electrons. The molecule has 1 unspecified atom stereocenters. The molecule has 0 saturated heterocycles. The van der Waals surface area contributed by atoms with Crippen molar-refractivity contribution in [1.82, 2.24) is 15.1 Å². The summed E-state index contributed by atoms with van der Waals surface area (Å²) in [6.45, 7) is 7.78. The highest BCUT2D eigenvalue weighted by atomic mass is 16.6. The SMILES string of the molecule is Cc1nn(CC(O)CCc2ccccc2CNC(=O)OC(C)(C)C)c(=O)c2ccccc12. The van der Waals surface area contributed by atoms with Gasteiger partial charge >= 0.3 is 6.09 Å². The number of hydrogen-bond donors (Lipinski definition) is 2. The summed E-state index contributed by atoms with van der Waals surface area (Å²) in [6.07, 6.45) is -0.130. The molecule has 0 aliphatic carbocycles. The van der Waals surface area contributed by atoms with Crippen LogP contribution in [0.25, 0.3) is 10.8 Å². The van der Waals surface area contributed by atoms with Gasteiger partial charge in [0.1, 0.15) is 5.60 Å². The Kier molecular flexibility index (Phi) is 7.30. The predicted octanol–water partition coefficient (Wildman–Crippen LogP) is 3.72. The van der Waals surface area contributed by atoms with Crippen LogP contribution in [0.1, 0.15) is 44.0 Å². The number of nitrogens with one attached hydrogen (secondary N) is 1. The van der Waals surface area contributed by atoms with E-state index in [-0.39, 0.29) is 12.1 Å². The Hall–Kier alpha value is -3.19. The van der Waals surface area contributed by atoms with Crippen LogP contribution in [0.3, 0.4) is 0 Å². The average molecular weight is 438 g/mol. The fourth-order valence-electron chi connectivity index (χ4n) is 3.60. The summed E-state index contributed by atoms with van der Waals surface area (Å²) >= 11 is 0. The number of ether oxygens (including phenoxy) is 1. The molecule has 0 saturated carbocycles. The minimum absolute atomic E-state index is 0.128. The molecule has 3 rings (SSSR count). The predicted molar refractivity (Wildman–Crippen MR) is 125 cm³/mol. The number of carbonyl (C=O) groups is 1. The molecule has 3 aromatic rings. The molecular formula is C25H31N3O4. The molecule has 0 aliphatic rings. The van der Waals surface area contributed by atoms with Crippen molar-refractivity contribution in [2.24, 2.45) is 0 Å².